The lowest BCUT2D eigenvalue weighted by Crippen LogP contribution is -2.45. The summed E-state index contributed by atoms with van der Waals surface area (Å²) < 4.78 is 0. The Kier molecular flexibility index (Phi) is 6.51. The summed E-state index contributed by atoms with van der Waals surface area (Å²) in [4.78, 5) is 2.38. The van der Waals surface area contributed by atoms with Crippen LogP contribution in [0, 0.1) is 0 Å². The van der Waals surface area contributed by atoms with Crippen molar-refractivity contribution >= 4 is 0 Å². The third kappa shape index (κ3) is 5.23. The normalized spacial score (nSPS) is 20.9. The monoisotopic (exact) mass is 276 g/mol. The van der Waals surface area contributed by atoms with Gasteiger partial charge in [0.05, 0.1) is 6.10 Å². The van der Waals surface area contributed by atoms with Crippen molar-refractivity contribution in [3.63, 3.8) is 0 Å². The summed E-state index contributed by atoms with van der Waals surface area (Å²) in [5.74, 6) is 0. The van der Waals surface area contributed by atoms with Crippen LogP contribution in [0.15, 0.2) is 30.3 Å². The van der Waals surface area contributed by atoms with E-state index in [9.17, 15) is 5.11 Å². The summed E-state index contributed by atoms with van der Waals surface area (Å²) in [5, 5.41) is 10.3. The van der Waals surface area contributed by atoms with Gasteiger partial charge in [-0.05, 0) is 37.9 Å². The Morgan fingerprint density at radius 1 is 1.00 bits per heavy atom. The minimum absolute atomic E-state index is 0.178. The van der Waals surface area contributed by atoms with Crippen LogP contribution >= 0.6 is 0 Å². The molecule has 3 N–H and O–H groups in total. The molecule has 0 radical (unpaired) electrons. The highest BCUT2D eigenvalue weighted by Crippen LogP contribution is 2.12. The number of benzene rings is 1. The second kappa shape index (κ2) is 8.40. The molecular formula is C17H28N2O. The summed E-state index contributed by atoms with van der Waals surface area (Å²) in [6.07, 6.45) is 6.82. The summed E-state index contributed by atoms with van der Waals surface area (Å²) in [5.41, 5.74) is 7.36. The van der Waals surface area contributed by atoms with Gasteiger partial charge in [-0.1, -0.05) is 49.6 Å². The Hall–Kier alpha value is -0.900. The molecule has 2 rings (SSSR count). The first-order valence-corrected chi connectivity index (χ1v) is 7.95. The molecule has 0 bridgehead atoms. The fourth-order valence-corrected chi connectivity index (χ4v) is 2.92. The third-order valence-electron chi connectivity index (χ3n) is 4.20. The molecule has 1 aromatic rings. The number of nitrogens with two attached hydrogens (primary N) is 1. The highest BCUT2D eigenvalue weighted by atomic mass is 16.3. The van der Waals surface area contributed by atoms with Crippen LogP contribution in [0.1, 0.15) is 37.7 Å². The van der Waals surface area contributed by atoms with Crippen LogP contribution in [0.4, 0.5) is 0 Å². The molecule has 1 fully saturated rings. The van der Waals surface area contributed by atoms with E-state index in [1.807, 2.05) is 18.2 Å². The Bertz CT molecular complexity index is 361. The van der Waals surface area contributed by atoms with Crippen LogP contribution in [0.5, 0.6) is 0 Å². The molecule has 0 aromatic heterocycles. The van der Waals surface area contributed by atoms with Crippen molar-refractivity contribution in [1.29, 1.82) is 0 Å². The van der Waals surface area contributed by atoms with Gasteiger partial charge in [-0.25, -0.2) is 0 Å². The molecule has 20 heavy (non-hydrogen) atoms. The lowest BCUT2D eigenvalue weighted by Gasteiger charge is -2.29. The number of hydrogen-bond acceptors (Lipinski definition) is 3. The van der Waals surface area contributed by atoms with Crippen molar-refractivity contribution < 1.29 is 5.11 Å². The SMILES string of the molecule is NC(Cc1ccccc1)C(O)CN1CCCCCCC1. The summed E-state index contributed by atoms with van der Waals surface area (Å²) in [6, 6.07) is 10.0. The van der Waals surface area contributed by atoms with Crippen LogP contribution in [0.25, 0.3) is 0 Å². The largest absolute Gasteiger partial charge is 0.390 e. The molecule has 112 valence electrons. The molecule has 2 atom stereocenters. The van der Waals surface area contributed by atoms with Crippen molar-refractivity contribution in [3.05, 3.63) is 35.9 Å². The van der Waals surface area contributed by atoms with E-state index in [1.165, 1.54) is 37.7 Å². The van der Waals surface area contributed by atoms with Gasteiger partial charge in [-0.15, -0.1) is 0 Å². The van der Waals surface area contributed by atoms with Gasteiger partial charge in [0.2, 0.25) is 0 Å². The molecule has 1 aromatic carbocycles. The molecule has 0 amide bonds. The number of likely N-dealkylation sites (tertiary alicyclic amines) is 1. The predicted octanol–water partition coefficient (Wildman–Crippen LogP) is 2.18. The highest BCUT2D eigenvalue weighted by Gasteiger charge is 2.19. The third-order valence-corrected chi connectivity index (χ3v) is 4.20. The van der Waals surface area contributed by atoms with E-state index in [0.29, 0.717) is 6.54 Å². The average Bonchev–Trinajstić information content (AvgIpc) is 2.42. The van der Waals surface area contributed by atoms with E-state index in [-0.39, 0.29) is 6.04 Å². The van der Waals surface area contributed by atoms with E-state index in [1.54, 1.807) is 0 Å². The molecule has 0 saturated carbocycles. The van der Waals surface area contributed by atoms with Gasteiger partial charge in [-0.2, -0.15) is 0 Å². The van der Waals surface area contributed by atoms with Crippen molar-refractivity contribution in [3.8, 4) is 0 Å². The fourth-order valence-electron chi connectivity index (χ4n) is 2.92. The summed E-state index contributed by atoms with van der Waals surface area (Å²) >= 11 is 0. The number of nitrogens with zero attached hydrogens (tertiary/aromatic N) is 1. The van der Waals surface area contributed by atoms with E-state index < -0.39 is 6.10 Å². The van der Waals surface area contributed by atoms with Gasteiger partial charge in [0.1, 0.15) is 0 Å². The lowest BCUT2D eigenvalue weighted by atomic mass is 10.0. The number of aliphatic hydroxyl groups excluding tert-OH is 1. The lowest BCUT2D eigenvalue weighted by molar-refractivity contribution is 0.0868. The van der Waals surface area contributed by atoms with Crippen LogP contribution < -0.4 is 5.73 Å². The fraction of sp³-hybridized carbons (Fsp3) is 0.647. The topological polar surface area (TPSA) is 49.5 Å². The van der Waals surface area contributed by atoms with E-state index in [2.05, 4.69) is 17.0 Å². The minimum Gasteiger partial charge on any atom is -0.390 e. The van der Waals surface area contributed by atoms with Crippen LogP contribution in [0.3, 0.4) is 0 Å². The summed E-state index contributed by atoms with van der Waals surface area (Å²) in [6.45, 7) is 2.93. The first-order valence-electron chi connectivity index (χ1n) is 7.95. The van der Waals surface area contributed by atoms with E-state index in [4.69, 9.17) is 5.73 Å². The zero-order valence-corrected chi connectivity index (χ0v) is 12.4. The van der Waals surface area contributed by atoms with Crippen LogP contribution in [0.2, 0.25) is 0 Å². The molecule has 1 saturated heterocycles. The molecule has 0 spiro atoms. The first kappa shape index (κ1) is 15.5. The van der Waals surface area contributed by atoms with Crippen molar-refractivity contribution in [2.45, 2.75) is 50.7 Å². The Labute approximate surface area is 122 Å². The number of β-amino-alcohol motifs (C(OH)–C–C–N with tert-alkyl or cyclic N) is 1. The predicted molar refractivity (Wildman–Crippen MR) is 83.7 cm³/mol. The van der Waals surface area contributed by atoms with Crippen LogP contribution in [-0.2, 0) is 6.42 Å². The van der Waals surface area contributed by atoms with Crippen molar-refractivity contribution in [1.82, 2.24) is 4.90 Å². The zero-order chi connectivity index (χ0) is 14.2. The molecular weight excluding hydrogens is 248 g/mol. The Morgan fingerprint density at radius 3 is 2.25 bits per heavy atom. The standard InChI is InChI=1S/C17H28N2O/c18-16(13-15-9-5-4-6-10-15)17(20)14-19-11-7-2-1-3-8-12-19/h4-6,9-10,16-17,20H,1-3,7-8,11-14,18H2. The first-order chi connectivity index (χ1) is 9.75. The molecule has 1 aliphatic heterocycles. The maximum absolute atomic E-state index is 10.3. The number of aliphatic hydroxyl groups is 1. The van der Waals surface area contributed by atoms with Gasteiger partial charge in [-0.3, -0.25) is 0 Å². The maximum Gasteiger partial charge on any atom is 0.0820 e. The van der Waals surface area contributed by atoms with E-state index in [0.717, 1.165) is 19.5 Å². The second-order valence-electron chi connectivity index (χ2n) is 5.99. The van der Waals surface area contributed by atoms with Gasteiger partial charge in [0.25, 0.3) is 0 Å². The highest BCUT2D eigenvalue weighted by molar-refractivity contribution is 5.16. The minimum atomic E-state index is -0.436. The Balaban J connectivity index is 1.78. The number of rotatable bonds is 5. The van der Waals surface area contributed by atoms with Gasteiger partial charge in [0.15, 0.2) is 0 Å². The smallest absolute Gasteiger partial charge is 0.0820 e. The van der Waals surface area contributed by atoms with Crippen molar-refractivity contribution in [2.24, 2.45) is 5.73 Å². The molecule has 2 unspecified atom stereocenters. The van der Waals surface area contributed by atoms with Gasteiger partial charge in [0, 0.05) is 12.6 Å². The molecule has 0 aliphatic carbocycles. The van der Waals surface area contributed by atoms with Gasteiger partial charge >= 0.3 is 0 Å². The average molecular weight is 276 g/mol. The quantitative estimate of drug-likeness (QED) is 0.866. The second-order valence-corrected chi connectivity index (χ2v) is 5.99. The molecule has 3 heteroatoms. The molecule has 1 aliphatic rings. The van der Waals surface area contributed by atoms with Crippen LogP contribution in [-0.4, -0.2) is 41.8 Å². The maximum atomic E-state index is 10.3. The Morgan fingerprint density at radius 2 is 1.60 bits per heavy atom. The van der Waals surface area contributed by atoms with Gasteiger partial charge < -0.3 is 15.7 Å². The zero-order valence-electron chi connectivity index (χ0n) is 12.4. The van der Waals surface area contributed by atoms with Crippen molar-refractivity contribution in [2.75, 3.05) is 19.6 Å². The molecule has 3 nitrogen and oxygen atoms in total. The summed E-state index contributed by atoms with van der Waals surface area (Å²) in [7, 11) is 0. The van der Waals surface area contributed by atoms with E-state index >= 15 is 0 Å². The molecule has 1 heterocycles. The number of hydrogen-bond donors (Lipinski definition) is 2.